The molecule has 0 spiro atoms. The van der Waals surface area contributed by atoms with E-state index in [4.69, 9.17) is 10.5 Å². The number of nitrogens with one attached hydrogen (secondary N) is 2. The summed E-state index contributed by atoms with van der Waals surface area (Å²) in [6, 6.07) is 8.88. The highest BCUT2D eigenvalue weighted by Gasteiger charge is 2.27. The number of nitrogen functional groups attached to an aromatic ring is 1. The Morgan fingerprint density at radius 2 is 1.78 bits per heavy atom. The highest BCUT2D eigenvalue weighted by molar-refractivity contribution is 5.97. The zero-order valence-electron chi connectivity index (χ0n) is 20.4. The SMILES string of the molecule is Nc1nc(F)c(-c2ccc(C3CCOCC3)c([C@@H]3CCCN3)c2)nc1-c1cc2c(cc1F)C(=O)NCC2. The number of amides is 1. The number of aromatic nitrogens is 2. The number of halogens is 2. The van der Waals surface area contributed by atoms with Crippen molar-refractivity contribution in [3.63, 3.8) is 0 Å². The lowest BCUT2D eigenvalue weighted by Crippen LogP contribution is -2.32. The number of rotatable bonds is 4. The van der Waals surface area contributed by atoms with Crippen LogP contribution in [0.3, 0.4) is 0 Å². The van der Waals surface area contributed by atoms with Crippen molar-refractivity contribution in [3.8, 4) is 22.5 Å². The molecular formula is C28H29F2N5O2. The summed E-state index contributed by atoms with van der Waals surface area (Å²) in [7, 11) is 0. The summed E-state index contributed by atoms with van der Waals surface area (Å²) in [6.07, 6.45) is 4.55. The van der Waals surface area contributed by atoms with Crippen LogP contribution in [0.5, 0.6) is 0 Å². The molecule has 2 aromatic carbocycles. The van der Waals surface area contributed by atoms with Crippen molar-refractivity contribution in [1.82, 2.24) is 20.6 Å². The quantitative estimate of drug-likeness (QED) is 0.489. The van der Waals surface area contributed by atoms with Gasteiger partial charge in [-0.1, -0.05) is 12.1 Å². The summed E-state index contributed by atoms with van der Waals surface area (Å²) < 4.78 is 35.9. The second-order valence-electron chi connectivity index (χ2n) is 9.97. The Kier molecular flexibility index (Phi) is 6.34. The molecule has 3 aromatic rings. The van der Waals surface area contributed by atoms with Crippen LogP contribution < -0.4 is 16.4 Å². The maximum Gasteiger partial charge on any atom is 0.251 e. The standard InChI is InChI=1S/C28H29F2N5O2/c29-22-14-19-16(5-9-33-28(19)36)12-21(22)25-27(31)35-26(30)24(34-25)17-3-4-18(15-6-10-37-11-7-15)20(13-17)23-2-1-8-32-23/h3-4,12-15,23,32H,1-2,5-11H2,(H2,31,35)(H,33,36)/t23-/m0/s1. The van der Waals surface area contributed by atoms with E-state index in [-0.39, 0.29) is 34.7 Å². The van der Waals surface area contributed by atoms with Gasteiger partial charge >= 0.3 is 0 Å². The van der Waals surface area contributed by atoms with Crippen molar-refractivity contribution in [2.45, 2.75) is 44.1 Å². The fraction of sp³-hybridized carbons (Fsp3) is 0.393. The molecule has 0 bridgehead atoms. The number of nitrogens with two attached hydrogens (primary N) is 1. The maximum atomic E-state index is 15.2. The first kappa shape index (κ1) is 23.9. The van der Waals surface area contributed by atoms with Gasteiger partial charge in [0.05, 0.1) is 0 Å². The molecule has 2 fully saturated rings. The summed E-state index contributed by atoms with van der Waals surface area (Å²) in [5, 5.41) is 6.28. The number of hydrogen-bond donors (Lipinski definition) is 3. The lowest BCUT2D eigenvalue weighted by molar-refractivity contribution is 0.0850. The van der Waals surface area contributed by atoms with Crippen LogP contribution in [0, 0.1) is 11.8 Å². The summed E-state index contributed by atoms with van der Waals surface area (Å²) in [6.45, 7) is 2.88. The van der Waals surface area contributed by atoms with Crippen molar-refractivity contribution in [2.24, 2.45) is 0 Å². The molecule has 192 valence electrons. The van der Waals surface area contributed by atoms with E-state index in [2.05, 4.69) is 26.7 Å². The Morgan fingerprint density at radius 3 is 2.57 bits per heavy atom. The fourth-order valence-electron chi connectivity index (χ4n) is 5.79. The molecule has 1 amide bonds. The van der Waals surface area contributed by atoms with Gasteiger partial charge in [0.1, 0.15) is 17.2 Å². The minimum absolute atomic E-state index is 0.0249. The van der Waals surface area contributed by atoms with E-state index >= 15 is 8.78 Å². The largest absolute Gasteiger partial charge is 0.382 e. The number of carbonyl (C=O) groups excluding carboxylic acids is 1. The van der Waals surface area contributed by atoms with Gasteiger partial charge in [-0.15, -0.1) is 0 Å². The number of hydrogen-bond acceptors (Lipinski definition) is 6. The average molecular weight is 506 g/mol. The molecular weight excluding hydrogens is 476 g/mol. The summed E-state index contributed by atoms with van der Waals surface area (Å²) in [5.74, 6) is -1.58. The van der Waals surface area contributed by atoms with Crippen LogP contribution in [-0.4, -0.2) is 42.2 Å². The van der Waals surface area contributed by atoms with Gasteiger partial charge in [-0.2, -0.15) is 9.37 Å². The smallest absolute Gasteiger partial charge is 0.251 e. The number of ether oxygens (including phenoxy) is 1. The first-order valence-electron chi connectivity index (χ1n) is 12.9. The van der Waals surface area contributed by atoms with Gasteiger partial charge in [-0.3, -0.25) is 4.79 Å². The average Bonchev–Trinajstić information content (AvgIpc) is 3.45. The van der Waals surface area contributed by atoms with E-state index in [9.17, 15) is 4.79 Å². The zero-order valence-corrected chi connectivity index (χ0v) is 20.4. The molecule has 9 heteroatoms. The second-order valence-corrected chi connectivity index (χ2v) is 9.97. The lowest BCUT2D eigenvalue weighted by Gasteiger charge is -2.27. The number of benzene rings is 2. The Morgan fingerprint density at radius 1 is 0.946 bits per heavy atom. The van der Waals surface area contributed by atoms with Crippen LogP contribution in [0.25, 0.3) is 22.5 Å². The minimum Gasteiger partial charge on any atom is -0.382 e. The van der Waals surface area contributed by atoms with Gasteiger partial charge in [-0.25, -0.2) is 9.37 Å². The Bertz CT molecular complexity index is 1370. The van der Waals surface area contributed by atoms with Crippen LogP contribution in [0.1, 0.15) is 64.7 Å². The van der Waals surface area contributed by atoms with Gasteiger partial charge in [-0.05, 0) is 79.5 Å². The molecule has 3 aliphatic heterocycles. The highest BCUT2D eigenvalue weighted by atomic mass is 19.1. The summed E-state index contributed by atoms with van der Waals surface area (Å²) >= 11 is 0. The van der Waals surface area contributed by atoms with Gasteiger partial charge in [0.2, 0.25) is 5.95 Å². The molecule has 0 unspecified atom stereocenters. The van der Waals surface area contributed by atoms with Gasteiger partial charge in [0.25, 0.3) is 5.91 Å². The van der Waals surface area contributed by atoms with Crippen LogP contribution in [-0.2, 0) is 11.2 Å². The van der Waals surface area contributed by atoms with Crippen molar-refractivity contribution >= 4 is 11.7 Å². The molecule has 4 heterocycles. The maximum absolute atomic E-state index is 15.2. The normalized spacial score (nSPS) is 20.1. The van der Waals surface area contributed by atoms with Gasteiger partial charge < -0.3 is 21.1 Å². The number of fused-ring (bicyclic) bond motifs is 1. The van der Waals surface area contributed by atoms with Gasteiger partial charge in [0, 0.05) is 42.5 Å². The molecule has 1 aromatic heterocycles. The van der Waals surface area contributed by atoms with Crippen LogP contribution in [0.4, 0.5) is 14.6 Å². The molecule has 0 saturated carbocycles. The summed E-state index contributed by atoms with van der Waals surface area (Å²) in [5.41, 5.74) is 10.2. The van der Waals surface area contributed by atoms with E-state index < -0.39 is 11.8 Å². The van der Waals surface area contributed by atoms with Crippen LogP contribution in [0.15, 0.2) is 30.3 Å². The van der Waals surface area contributed by atoms with Crippen LogP contribution in [0.2, 0.25) is 0 Å². The van der Waals surface area contributed by atoms with Crippen molar-refractivity contribution < 1.29 is 18.3 Å². The third-order valence-electron chi connectivity index (χ3n) is 7.71. The number of carbonyl (C=O) groups is 1. The lowest BCUT2D eigenvalue weighted by atomic mass is 9.84. The first-order chi connectivity index (χ1) is 18.0. The van der Waals surface area contributed by atoms with E-state index in [1.54, 1.807) is 6.07 Å². The van der Waals surface area contributed by atoms with Crippen LogP contribution >= 0.6 is 0 Å². The number of nitrogens with zero attached hydrogens (tertiary/aromatic N) is 2. The van der Waals surface area contributed by atoms with Crippen molar-refractivity contribution in [2.75, 3.05) is 32.0 Å². The van der Waals surface area contributed by atoms with E-state index in [1.807, 2.05) is 12.1 Å². The first-order valence-corrected chi connectivity index (χ1v) is 12.9. The Hall–Kier alpha value is -3.43. The molecule has 37 heavy (non-hydrogen) atoms. The van der Waals surface area contributed by atoms with E-state index in [0.29, 0.717) is 35.6 Å². The topological polar surface area (TPSA) is 102 Å². The third kappa shape index (κ3) is 4.46. The molecule has 7 nitrogen and oxygen atoms in total. The predicted molar refractivity (Wildman–Crippen MR) is 136 cm³/mol. The van der Waals surface area contributed by atoms with E-state index in [0.717, 1.165) is 51.0 Å². The molecule has 0 radical (unpaired) electrons. The Balaban J connectivity index is 1.44. The zero-order chi connectivity index (χ0) is 25.5. The third-order valence-corrected chi connectivity index (χ3v) is 7.71. The highest BCUT2D eigenvalue weighted by Crippen LogP contribution is 2.38. The monoisotopic (exact) mass is 505 g/mol. The molecule has 6 rings (SSSR count). The molecule has 3 aliphatic rings. The molecule has 1 atom stereocenters. The summed E-state index contributed by atoms with van der Waals surface area (Å²) in [4.78, 5) is 20.5. The predicted octanol–water partition coefficient (Wildman–Crippen LogP) is 4.28. The van der Waals surface area contributed by atoms with Crippen molar-refractivity contribution in [3.05, 3.63) is 64.4 Å². The number of anilines is 1. The Labute approximate surface area is 213 Å². The molecule has 2 saturated heterocycles. The molecule has 0 aliphatic carbocycles. The minimum atomic E-state index is -0.803. The second kappa shape index (κ2) is 9.79. The van der Waals surface area contributed by atoms with Gasteiger partial charge in [0.15, 0.2) is 5.82 Å². The molecule has 4 N–H and O–H groups in total. The van der Waals surface area contributed by atoms with Crippen molar-refractivity contribution in [1.29, 1.82) is 0 Å². The van der Waals surface area contributed by atoms with E-state index in [1.165, 1.54) is 11.6 Å². The fourth-order valence-corrected chi connectivity index (χ4v) is 5.79.